The summed E-state index contributed by atoms with van der Waals surface area (Å²) in [5.41, 5.74) is 6.07. The molecular formula is C18H31IN4O2S. The number of benzene rings is 1. The Kier molecular flexibility index (Phi) is 8.81. The molecule has 0 atom stereocenters. The molecule has 1 fully saturated rings. The van der Waals surface area contributed by atoms with Gasteiger partial charge >= 0.3 is 0 Å². The molecule has 0 saturated heterocycles. The van der Waals surface area contributed by atoms with E-state index in [2.05, 4.69) is 15.0 Å². The lowest BCUT2D eigenvalue weighted by Crippen LogP contribution is -2.41. The number of hydrogen-bond donors (Lipinski definition) is 3. The molecule has 0 unspecified atom stereocenters. The molecule has 0 amide bonds. The highest BCUT2D eigenvalue weighted by molar-refractivity contribution is 14.0. The molecule has 148 valence electrons. The van der Waals surface area contributed by atoms with Gasteiger partial charge in [-0.25, -0.2) is 18.1 Å². The van der Waals surface area contributed by atoms with E-state index < -0.39 is 15.6 Å². The van der Waals surface area contributed by atoms with Crippen LogP contribution in [0.1, 0.15) is 58.4 Å². The Labute approximate surface area is 174 Å². The first kappa shape index (κ1) is 23.2. The van der Waals surface area contributed by atoms with E-state index in [0.717, 1.165) is 12.8 Å². The van der Waals surface area contributed by atoms with Gasteiger partial charge in [0.1, 0.15) is 0 Å². The number of rotatable bonds is 5. The zero-order valence-corrected chi connectivity index (χ0v) is 18.9. The van der Waals surface area contributed by atoms with Gasteiger partial charge in [0.25, 0.3) is 0 Å². The van der Waals surface area contributed by atoms with Crippen LogP contribution in [0.4, 0.5) is 0 Å². The zero-order valence-electron chi connectivity index (χ0n) is 15.8. The molecule has 8 heteroatoms. The topological polar surface area (TPSA) is 96.6 Å². The lowest BCUT2D eigenvalue weighted by Gasteiger charge is -2.23. The lowest BCUT2D eigenvalue weighted by atomic mass is 9.96. The van der Waals surface area contributed by atoms with Crippen molar-refractivity contribution in [3.63, 3.8) is 0 Å². The Morgan fingerprint density at radius 1 is 1.19 bits per heavy atom. The number of nitrogens with two attached hydrogens (primary N) is 1. The summed E-state index contributed by atoms with van der Waals surface area (Å²) in [6.45, 7) is 5.68. The summed E-state index contributed by atoms with van der Waals surface area (Å²) in [6, 6.07) is 7.27. The predicted molar refractivity (Wildman–Crippen MR) is 117 cm³/mol. The van der Waals surface area contributed by atoms with Crippen LogP contribution in [0.25, 0.3) is 0 Å². The van der Waals surface area contributed by atoms with Crippen molar-refractivity contribution in [1.82, 2.24) is 10.0 Å². The average Bonchev–Trinajstić information content (AvgIpc) is 2.52. The summed E-state index contributed by atoms with van der Waals surface area (Å²) < 4.78 is 27.9. The summed E-state index contributed by atoms with van der Waals surface area (Å²) in [5.74, 6) is 0.378. The summed E-state index contributed by atoms with van der Waals surface area (Å²) >= 11 is 0. The van der Waals surface area contributed by atoms with Crippen LogP contribution in [0.15, 0.2) is 34.2 Å². The summed E-state index contributed by atoms with van der Waals surface area (Å²) in [5, 5.41) is 3.25. The fraction of sp³-hybridized carbons (Fsp3) is 0.611. The van der Waals surface area contributed by atoms with E-state index in [-0.39, 0.29) is 35.4 Å². The highest BCUT2D eigenvalue weighted by Gasteiger charge is 2.24. The molecule has 2 rings (SSSR count). The van der Waals surface area contributed by atoms with Crippen molar-refractivity contribution in [3.05, 3.63) is 29.8 Å². The number of nitrogens with one attached hydrogen (secondary N) is 2. The molecule has 1 aromatic rings. The van der Waals surface area contributed by atoms with Gasteiger partial charge in [0.05, 0.1) is 11.4 Å². The Morgan fingerprint density at radius 2 is 1.81 bits per heavy atom. The Morgan fingerprint density at radius 3 is 2.42 bits per heavy atom. The molecule has 1 aliphatic rings. The Bertz CT molecular complexity index is 708. The van der Waals surface area contributed by atoms with Crippen LogP contribution in [-0.4, -0.2) is 26.0 Å². The van der Waals surface area contributed by atoms with Gasteiger partial charge in [-0.3, -0.25) is 0 Å². The minimum atomic E-state index is -3.60. The highest BCUT2D eigenvalue weighted by atomic mass is 127. The maximum Gasteiger partial charge on any atom is 0.241 e. The van der Waals surface area contributed by atoms with E-state index in [1.807, 2.05) is 26.8 Å². The minimum Gasteiger partial charge on any atom is -0.370 e. The third-order valence-corrected chi connectivity index (χ3v) is 5.94. The molecule has 0 bridgehead atoms. The molecular weight excluding hydrogens is 463 g/mol. The number of hydrogen-bond acceptors (Lipinski definition) is 3. The molecule has 1 aliphatic carbocycles. The Balaban J connectivity index is 0.00000338. The smallest absolute Gasteiger partial charge is 0.241 e. The number of nitrogens with zero attached hydrogens (tertiary/aromatic N) is 1. The van der Waals surface area contributed by atoms with E-state index in [0.29, 0.717) is 17.6 Å². The monoisotopic (exact) mass is 494 g/mol. The second-order valence-corrected chi connectivity index (χ2v) is 9.29. The summed E-state index contributed by atoms with van der Waals surface area (Å²) in [6.07, 6.45) is 5.92. The highest BCUT2D eigenvalue weighted by Crippen LogP contribution is 2.19. The van der Waals surface area contributed by atoms with Crippen LogP contribution in [0.3, 0.4) is 0 Å². The fourth-order valence-corrected chi connectivity index (χ4v) is 4.68. The van der Waals surface area contributed by atoms with Gasteiger partial charge in [-0.2, -0.15) is 0 Å². The first-order chi connectivity index (χ1) is 11.7. The molecule has 0 aromatic heterocycles. The molecule has 4 N–H and O–H groups in total. The fourth-order valence-electron chi connectivity index (χ4n) is 3.03. The first-order valence-electron chi connectivity index (χ1n) is 8.86. The largest absolute Gasteiger partial charge is 0.370 e. The molecule has 0 spiro atoms. The third kappa shape index (κ3) is 7.40. The van der Waals surface area contributed by atoms with Crippen LogP contribution in [0, 0.1) is 0 Å². The van der Waals surface area contributed by atoms with Crippen molar-refractivity contribution in [2.24, 2.45) is 10.7 Å². The van der Waals surface area contributed by atoms with Gasteiger partial charge in [-0.05, 0) is 45.2 Å². The molecule has 1 saturated carbocycles. The van der Waals surface area contributed by atoms with Crippen LogP contribution in [0.5, 0.6) is 0 Å². The molecule has 0 radical (unpaired) electrons. The van der Waals surface area contributed by atoms with Crippen molar-refractivity contribution < 1.29 is 8.42 Å². The zero-order chi connectivity index (χ0) is 18.5. The van der Waals surface area contributed by atoms with Crippen molar-refractivity contribution in [2.75, 3.05) is 0 Å². The van der Waals surface area contributed by atoms with Crippen LogP contribution >= 0.6 is 24.0 Å². The predicted octanol–water partition coefficient (Wildman–Crippen LogP) is 3.12. The molecule has 6 nitrogen and oxygen atoms in total. The van der Waals surface area contributed by atoms with Crippen molar-refractivity contribution in [2.45, 2.75) is 75.9 Å². The normalized spacial score (nSPS) is 16.8. The molecule has 1 aromatic carbocycles. The SMILES string of the molecule is CC(C)(C)NS(=O)(=O)c1ccccc1CN=C(N)NC1CCCCC1.I. The summed E-state index contributed by atoms with van der Waals surface area (Å²) in [4.78, 5) is 4.60. The quantitative estimate of drug-likeness (QED) is 0.333. The standard InChI is InChI=1S/C18H30N4O2S.HI/c1-18(2,3)22-25(23,24)16-12-8-7-9-14(16)13-20-17(19)21-15-10-5-4-6-11-15;/h7-9,12,15,22H,4-6,10-11,13H2,1-3H3,(H3,19,20,21);1H. The maximum atomic E-state index is 12.6. The second-order valence-electron chi connectivity index (χ2n) is 7.64. The third-order valence-electron chi connectivity index (χ3n) is 4.08. The second kappa shape index (κ2) is 9.89. The minimum absolute atomic E-state index is 0. The number of sulfonamides is 1. The van der Waals surface area contributed by atoms with Gasteiger partial charge in [0.15, 0.2) is 5.96 Å². The van der Waals surface area contributed by atoms with E-state index in [4.69, 9.17) is 5.73 Å². The number of halogens is 1. The van der Waals surface area contributed by atoms with Gasteiger partial charge in [0.2, 0.25) is 10.0 Å². The Hall–Kier alpha value is -0.870. The summed E-state index contributed by atoms with van der Waals surface area (Å²) in [7, 11) is -3.60. The van der Waals surface area contributed by atoms with Crippen molar-refractivity contribution in [3.8, 4) is 0 Å². The molecule has 26 heavy (non-hydrogen) atoms. The molecule has 0 heterocycles. The number of guanidine groups is 1. The van der Waals surface area contributed by atoms with E-state index in [1.165, 1.54) is 19.3 Å². The van der Waals surface area contributed by atoms with Gasteiger partial charge in [-0.15, -0.1) is 24.0 Å². The van der Waals surface area contributed by atoms with Gasteiger partial charge < -0.3 is 11.1 Å². The van der Waals surface area contributed by atoms with Gasteiger partial charge in [0, 0.05) is 11.6 Å². The van der Waals surface area contributed by atoms with Crippen molar-refractivity contribution in [1.29, 1.82) is 0 Å². The lowest BCUT2D eigenvalue weighted by molar-refractivity contribution is 0.412. The van der Waals surface area contributed by atoms with E-state index in [9.17, 15) is 8.42 Å². The van der Waals surface area contributed by atoms with E-state index >= 15 is 0 Å². The van der Waals surface area contributed by atoms with Crippen molar-refractivity contribution >= 4 is 40.0 Å². The number of aliphatic imine (C=N–C) groups is 1. The van der Waals surface area contributed by atoms with Crippen LogP contribution in [0.2, 0.25) is 0 Å². The van der Waals surface area contributed by atoms with Crippen LogP contribution in [-0.2, 0) is 16.6 Å². The first-order valence-corrected chi connectivity index (χ1v) is 10.3. The van der Waals surface area contributed by atoms with Gasteiger partial charge in [-0.1, -0.05) is 37.5 Å². The maximum absolute atomic E-state index is 12.6. The average molecular weight is 494 g/mol. The molecule has 0 aliphatic heterocycles. The van der Waals surface area contributed by atoms with Crippen LogP contribution < -0.4 is 15.8 Å². The van der Waals surface area contributed by atoms with E-state index in [1.54, 1.807) is 18.2 Å².